The van der Waals surface area contributed by atoms with Crippen LogP contribution in [0.1, 0.15) is 40.5 Å². The number of likely N-dealkylation sites (tertiary alicyclic amines) is 1. The second kappa shape index (κ2) is 9.70. The number of ether oxygens (including phenoxy) is 1. The minimum atomic E-state index is -0.567. The van der Waals surface area contributed by atoms with E-state index in [1.807, 2.05) is 65.6 Å². The lowest BCUT2D eigenvalue weighted by molar-refractivity contribution is -0.139. The van der Waals surface area contributed by atoms with E-state index < -0.39 is 6.10 Å². The second-order valence-corrected chi connectivity index (χ2v) is 8.47. The molecule has 0 saturated carbocycles. The van der Waals surface area contributed by atoms with Crippen molar-refractivity contribution < 1.29 is 14.3 Å². The summed E-state index contributed by atoms with van der Waals surface area (Å²) in [6.07, 6.45) is 1.22. The number of rotatable bonds is 6. The summed E-state index contributed by atoms with van der Waals surface area (Å²) in [7, 11) is 0. The third kappa shape index (κ3) is 5.27. The van der Waals surface area contributed by atoms with Crippen molar-refractivity contribution in [3.05, 3.63) is 70.7 Å². The number of carbonyl (C=O) groups is 2. The molecule has 2 heterocycles. The number of carbonyl (C=O) groups excluding carboxylic acids is 2. The topological polar surface area (TPSA) is 84.4 Å². The third-order valence-corrected chi connectivity index (χ3v) is 6.24. The number of nitrogens with zero attached hydrogens (tertiary/aromatic N) is 3. The summed E-state index contributed by atoms with van der Waals surface area (Å²) in [5, 5.41) is 12.3. The maximum absolute atomic E-state index is 12.9. The van der Waals surface area contributed by atoms with Crippen LogP contribution in [0.4, 0.5) is 5.69 Å². The molecule has 2 aromatic carbocycles. The van der Waals surface area contributed by atoms with E-state index in [9.17, 15) is 9.59 Å². The Hall–Kier alpha value is -3.26. The summed E-state index contributed by atoms with van der Waals surface area (Å²) < 4.78 is 5.79. The van der Waals surface area contributed by atoms with Crippen molar-refractivity contribution in [1.29, 1.82) is 0 Å². The largest absolute Gasteiger partial charge is 0.481 e. The van der Waals surface area contributed by atoms with Gasteiger partial charge in [0.05, 0.1) is 0 Å². The first kappa shape index (κ1) is 21.0. The highest BCUT2D eigenvalue weighted by atomic mass is 32.1. The summed E-state index contributed by atoms with van der Waals surface area (Å²) in [6, 6.07) is 18.6. The van der Waals surface area contributed by atoms with Gasteiger partial charge in [0.15, 0.2) is 6.10 Å². The number of nitrogens with one attached hydrogen (secondary N) is 1. The van der Waals surface area contributed by atoms with E-state index in [2.05, 4.69) is 15.5 Å². The Balaban J connectivity index is 1.37. The van der Waals surface area contributed by atoms with Crippen LogP contribution < -0.4 is 10.1 Å². The zero-order valence-corrected chi connectivity index (χ0v) is 18.0. The molecule has 7 nitrogen and oxygen atoms in total. The van der Waals surface area contributed by atoms with Gasteiger partial charge in [-0.3, -0.25) is 9.59 Å². The zero-order chi connectivity index (χ0) is 21.6. The van der Waals surface area contributed by atoms with Crippen molar-refractivity contribution in [3.63, 3.8) is 0 Å². The Labute approximate surface area is 185 Å². The average molecular weight is 437 g/mol. The normalized spacial score (nSPS) is 17.1. The molecule has 0 bridgehead atoms. The molecule has 2 atom stereocenters. The SMILES string of the molecule is C[C@H](Oc1ccccc1)C(=O)N1CCC[C@H](c2nnc(C(=O)Nc3ccccc3)s2)C1. The van der Waals surface area contributed by atoms with Crippen molar-refractivity contribution >= 4 is 28.8 Å². The van der Waals surface area contributed by atoms with E-state index >= 15 is 0 Å². The monoisotopic (exact) mass is 436 g/mol. The Morgan fingerprint density at radius 3 is 2.55 bits per heavy atom. The van der Waals surface area contributed by atoms with Gasteiger partial charge in [-0.05, 0) is 44.0 Å². The first-order valence-corrected chi connectivity index (χ1v) is 11.1. The number of piperidine rings is 1. The maximum Gasteiger partial charge on any atom is 0.286 e. The molecule has 160 valence electrons. The number of benzene rings is 2. The molecule has 1 aromatic heterocycles. The lowest BCUT2D eigenvalue weighted by Gasteiger charge is -2.33. The lowest BCUT2D eigenvalue weighted by Crippen LogP contribution is -2.45. The summed E-state index contributed by atoms with van der Waals surface area (Å²) in [6.45, 7) is 3.02. The predicted octanol–water partition coefficient (Wildman–Crippen LogP) is 3.96. The molecule has 3 aromatic rings. The molecule has 0 aliphatic carbocycles. The van der Waals surface area contributed by atoms with E-state index in [1.54, 1.807) is 6.92 Å². The van der Waals surface area contributed by atoms with Crippen LogP contribution in [0.2, 0.25) is 0 Å². The van der Waals surface area contributed by atoms with Gasteiger partial charge in [0.2, 0.25) is 5.01 Å². The van der Waals surface area contributed by atoms with E-state index in [-0.39, 0.29) is 17.7 Å². The standard InChI is InChI=1S/C23H24N4O3S/c1-16(30-19-12-6-3-7-13-19)23(29)27-14-8-9-17(15-27)21-25-26-22(31-21)20(28)24-18-10-4-2-5-11-18/h2-7,10-13,16-17H,8-9,14-15H2,1H3,(H,24,28)/t16-,17-/m0/s1. The van der Waals surface area contributed by atoms with E-state index in [0.717, 1.165) is 17.8 Å². The molecular formula is C23H24N4O3S. The highest BCUT2D eigenvalue weighted by Gasteiger charge is 2.30. The number of hydrogen-bond acceptors (Lipinski definition) is 6. The van der Waals surface area contributed by atoms with Crippen molar-refractivity contribution in [3.8, 4) is 5.75 Å². The maximum atomic E-state index is 12.9. The molecule has 4 rings (SSSR count). The number of hydrogen-bond donors (Lipinski definition) is 1. The van der Waals surface area contributed by atoms with Crippen LogP contribution in [-0.4, -0.2) is 46.1 Å². The summed E-state index contributed by atoms with van der Waals surface area (Å²) >= 11 is 1.29. The van der Waals surface area contributed by atoms with Crippen molar-refractivity contribution in [2.24, 2.45) is 0 Å². The minimum Gasteiger partial charge on any atom is -0.481 e. The van der Waals surface area contributed by atoms with Crippen LogP contribution in [0.15, 0.2) is 60.7 Å². The van der Waals surface area contributed by atoms with E-state index in [0.29, 0.717) is 29.5 Å². The molecule has 0 spiro atoms. The van der Waals surface area contributed by atoms with Crippen LogP contribution in [0, 0.1) is 0 Å². The van der Waals surface area contributed by atoms with Crippen molar-refractivity contribution in [2.45, 2.75) is 31.8 Å². The third-order valence-electron chi connectivity index (χ3n) is 5.15. The highest BCUT2D eigenvalue weighted by Crippen LogP contribution is 2.30. The fourth-order valence-corrected chi connectivity index (χ4v) is 4.45. The number of amides is 2. The van der Waals surface area contributed by atoms with Gasteiger partial charge >= 0.3 is 0 Å². The fourth-order valence-electron chi connectivity index (χ4n) is 3.59. The molecule has 0 unspecified atom stereocenters. The van der Waals surface area contributed by atoms with Crippen molar-refractivity contribution in [1.82, 2.24) is 15.1 Å². The van der Waals surface area contributed by atoms with Crippen LogP contribution in [-0.2, 0) is 4.79 Å². The Morgan fingerprint density at radius 2 is 1.81 bits per heavy atom. The van der Waals surface area contributed by atoms with Gasteiger partial charge in [-0.25, -0.2) is 0 Å². The fraction of sp³-hybridized carbons (Fsp3) is 0.304. The van der Waals surface area contributed by atoms with Gasteiger partial charge in [-0.15, -0.1) is 10.2 Å². The highest BCUT2D eigenvalue weighted by molar-refractivity contribution is 7.13. The summed E-state index contributed by atoms with van der Waals surface area (Å²) in [4.78, 5) is 27.2. The molecule has 1 aliphatic rings. The van der Waals surface area contributed by atoms with Gasteiger partial charge in [0, 0.05) is 24.7 Å². The van der Waals surface area contributed by atoms with Gasteiger partial charge in [-0.1, -0.05) is 47.7 Å². The van der Waals surface area contributed by atoms with E-state index in [1.165, 1.54) is 11.3 Å². The van der Waals surface area contributed by atoms with Crippen LogP contribution in [0.3, 0.4) is 0 Å². The Bertz CT molecular complexity index is 1030. The zero-order valence-electron chi connectivity index (χ0n) is 17.2. The lowest BCUT2D eigenvalue weighted by atomic mass is 9.98. The Morgan fingerprint density at radius 1 is 1.10 bits per heavy atom. The van der Waals surface area contributed by atoms with E-state index in [4.69, 9.17) is 4.74 Å². The van der Waals surface area contributed by atoms with Crippen LogP contribution in [0.25, 0.3) is 0 Å². The number of aromatic nitrogens is 2. The molecular weight excluding hydrogens is 412 g/mol. The average Bonchev–Trinajstić information content (AvgIpc) is 3.31. The number of anilines is 1. The molecule has 0 radical (unpaired) electrons. The van der Waals surface area contributed by atoms with Crippen LogP contribution >= 0.6 is 11.3 Å². The quantitative estimate of drug-likeness (QED) is 0.632. The molecule has 1 saturated heterocycles. The second-order valence-electron chi connectivity index (χ2n) is 7.46. The number of para-hydroxylation sites is 2. The van der Waals surface area contributed by atoms with Gasteiger partial charge in [0.1, 0.15) is 10.8 Å². The molecule has 8 heteroatoms. The Kier molecular flexibility index (Phi) is 6.57. The predicted molar refractivity (Wildman–Crippen MR) is 119 cm³/mol. The molecule has 1 fully saturated rings. The molecule has 1 N–H and O–H groups in total. The molecule has 31 heavy (non-hydrogen) atoms. The van der Waals surface area contributed by atoms with Crippen LogP contribution in [0.5, 0.6) is 5.75 Å². The first-order chi connectivity index (χ1) is 15.1. The van der Waals surface area contributed by atoms with Gasteiger partial charge < -0.3 is 15.0 Å². The summed E-state index contributed by atoms with van der Waals surface area (Å²) in [5.74, 6) is 0.427. The van der Waals surface area contributed by atoms with Gasteiger partial charge in [0.25, 0.3) is 11.8 Å². The first-order valence-electron chi connectivity index (χ1n) is 10.3. The minimum absolute atomic E-state index is 0.0416. The molecule has 2 amide bonds. The smallest absolute Gasteiger partial charge is 0.286 e. The van der Waals surface area contributed by atoms with Crippen molar-refractivity contribution in [2.75, 3.05) is 18.4 Å². The van der Waals surface area contributed by atoms with Gasteiger partial charge in [-0.2, -0.15) is 0 Å². The summed E-state index contributed by atoms with van der Waals surface area (Å²) in [5.41, 5.74) is 0.714. The molecule has 1 aliphatic heterocycles.